The number of anilines is 1. The van der Waals surface area contributed by atoms with Crippen LogP contribution in [-0.2, 0) is 20.2 Å². The van der Waals surface area contributed by atoms with Crippen molar-refractivity contribution in [3.05, 3.63) is 65.7 Å². The van der Waals surface area contributed by atoms with Crippen LogP contribution in [0.25, 0.3) is 11.1 Å². The highest BCUT2D eigenvalue weighted by Crippen LogP contribution is 2.52. The van der Waals surface area contributed by atoms with Gasteiger partial charge in [0.1, 0.15) is 5.75 Å². The normalized spacial score (nSPS) is 17.4. The van der Waals surface area contributed by atoms with Gasteiger partial charge in [-0.15, -0.1) is 0 Å². The summed E-state index contributed by atoms with van der Waals surface area (Å²) in [5.41, 5.74) is 4.15. The van der Waals surface area contributed by atoms with Crippen molar-refractivity contribution in [3.8, 4) is 28.4 Å². The summed E-state index contributed by atoms with van der Waals surface area (Å²) in [6, 6.07) is 16.5. The summed E-state index contributed by atoms with van der Waals surface area (Å²) < 4.78 is 45.9. The Labute approximate surface area is 221 Å². The molecule has 1 fully saturated rings. The monoisotopic (exact) mass is 535 g/mol. The van der Waals surface area contributed by atoms with E-state index in [0.717, 1.165) is 60.2 Å². The van der Waals surface area contributed by atoms with Crippen molar-refractivity contribution in [2.24, 2.45) is 0 Å². The molecule has 0 saturated heterocycles. The number of aryl methyl sites for hydroxylation is 1. The summed E-state index contributed by atoms with van der Waals surface area (Å²) in [6.45, 7) is 1.85. The number of carbonyl (C=O) groups is 1. The molecule has 1 aliphatic carbocycles. The number of benzene rings is 3. The van der Waals surface area contributed by atoms with Crippen molar-refractivity contribution < 1.29 is 32.5 Å². The van der Waals surface area contributed by atoms with Gasteiger partial charge >= 0.3 is 5.97 Å². The van der Waals surface area contributed by atoms with Crippen molar-refractivity contribution in [2.45, 2.75) is 49.3 Å². The zero-order valence-corrected chi connectivity index (χ0v) is 21.9. The first-order valence-electron chi connectivity index (χ1n) is 12.8. The molecule has 3 aliphatic rings. The molecule has 0 unspecified atom stereocenters. The van der Waals surface area contributed by atoms with Crippen molar-refractivity contribution in [3.63, 3.8) is 0 Å². The maximum Gasteiger partial charge on any atom is 0.341 e. The summed E-state index contributed by atoms with van der Waals surface area (Å²) in [5, 5.41) is 8.90. The fourth-order valence-electron chi connectivity index (χ4n) is 5.96. The van der Waals surface area contributed by atoms with Gasteiger partial charge in [0.15, 0.2) is 18.1 Å². The molecule has 6 rings (SSSR count). The van der Waals surface area contributed by atoms with Gasteiger partial charge in [0.25, 0.3) is 10.0 Å². The van der Waals surface area contributed by atoms with Crippen molar-refractivity contribution >= 4 is 21.7 Å². The van der Waals surface area contributed by atoms with Gasteiger partial charge in [-0.3, -0.25) is 4.31 Å². The van der Waals surface area contributed by atoms with Crippen molar-refractivity contribution in [2.75, 3.05) is 24.2 Å². The lowest BCUT2D eigenvalue weighted by molar-refractivity contribution is -0.139. The molecule has 3 aromatic rings. The number of rotatable bonds is 6. The molecule has 1 spiro atoms. The third kappa shape index (κ3) is 4.15. The van der Waals surface area contributed by atoms with Crippen LogP contribution >= 0.6 is 0 Å². The molecule has 8 nitrogen and oxygen atoms in total. The molecule has 0 aromatic heterocycles. The van der Waals surface area contributed by atoms with Crippen LogP contribution < -0.4 is 18.5 Å². The van der Waals surface area contributed by atoms with Crippen LogP contribution in [0.15, 0.2) is 59.5 Å². The Morgan fingerprint density at radius 1 is 0.974 bits per heavy atom. The van der Waals surface area contributed by atoms with Gasteiger partial charge in [0.2, 0.25) is 6.79 Å². The molecule has 1 N–H and O–H groups in total. The van der Waals surface area contributed by atoms with Crippen LogP contribution in [0.1, 0.15) is 43.2 Å². The Bertz CT molecular complexity index is 1530. The summed E-state index contributed by atoms with van der Waals surface area (Å²) in [4.78, 5) is 11.0. The standard InChI is InChI=1S/C29H29NO7S/c1-19-13-22(7-10-25(19)35-16-28(31)32)38(33,34)30-17-29(11-3-2-4-12-29)23-14-20(5-8-24(23)30)21-6-9-26-27(15-21)37-18-36-26/h5-10,13-15H,2-4,11-12,16-18H2,1H3,(H,31,32). The number of carboxylic acids is 1. The van der Waals surface area contributed by atoms with E-state index >= 15 is 0 Å². The van der Waals surface area contributed by atoms with E-state index < -0.39 is 22.6 Å². The van der Waals surface area contributed by atoms with Gasteiger partial charge in [0.05, 0.1) is 10.6 Å². The first kappa shape index (κ1) is 24.6. The Morgan fingerprint density at radius 2 is 1.71 bits per heavy atom. The Hall–Kier alpha value is -3.72. The molecule has 0 radical (unpaired) electrons. The Balaban J connectivity index is 1.39. The maximum absolute atomic E-state index is 14.0. The average Bonchev–Trinajstić information content (AvgIpc) is 3.51. The first-order chi connectivity index (χ1) is 18.3. The summed E-state index contributed by atoms with van der Waals surface area (Å²) in [6.07, 6.45) is 5.17. The van der Waals surface area contributed by atoms with Gasteiger partial charge in [-0.05, 0) is 84.5 Å². The number of sulfonamides is 1. The Kier molecular flexibility index (Phi) is 5.98. The van der Waals surface area contributed by atoms with E-state index in [1.54, 1.807) is 17.3 Å². The van der Waals surface area contributed by atoms with E-state index in [9.17, 15) is 13.2 Å². The number of fused-ring (bicyclic) bond motifs is 3. The third-order valence-electron chi connectivity index (χ3n) is 7.88. The molecule has 0 atom stereocenters. The lowest BCUT2D eigenvalue weighted by atomic mass is 9.70. The van der Waals surface area contributed by atoms with Gasteiger partial charge in [-0.1, -0.05) is 31.4 Å². The number of hydrogen-bond acceptors (Lipinski definition) is 6. The van der Waals surface area contributed by atoms with E-state index in [1.807, 2.05) is 30.3 Å². The molecule has 0 bridgehead atoms. The first-order valence-corrected chi connectivity index (χ1v) is 14.2. The number of hydrogen-bond donors (Lipinski definition) is 1. The smallest absolute Gasteiger partial charge is 0.341 e. The minimum absolute atomic E-state index is 0.163. The fourth-order valence-corrected chi connectivity index (χ4v) is 7.62. The molecule has 198 valence electrons. The van der Waals surface area contributed by atoms with Gasteiger partial charge in [0, 0.05) is 12.0 Å². The number of carboxylic acid groups (broad SMARTS) is 1. The summed E-state index contributed by atoms with van der Waals surface area (Å²) in [5.74, 6) is 0.703. The summed E-state index contributed by atoms with van der Waals surface area (Å²) >= 11 is 0. The van der Waals surface area contributed by atoms with Crippen LogP contribution in [0.5, 0.6) is 17.2 Å². The molecule has 2 heterocycles. The average molecular weight is 536 g/mol. The highest BCUT2D eigenvalue weighted by molar-refractivity contribution is 7.92. The van der Waals surface area contributed by atoms with Crippen LogP contribution in [0.3, 0.4) is 0 Å². The molecule has 38 heavy (non-hydrogen) atoms. The largest absolute Gasteiger partial charge is 0.482 e. The zero-order chi connectivity index (χ0) is 26.5. The zero-order valence-electron chi connectivity index (χ0n) is 21.1. The molecule has 2 aliphatic heterocycles. The van der Waals surface area contributed by atoms with Crippen molar-refractivity contribution in [1.29, 1.82) is 0 Å². The van der Waals surface area contributed by atoms with E-state index in [4.69, 9.17) is 19.3 Å². The minimum Gasteiger partial charge on any atom is -0.482 e. The highest BCUT2D eigenvalue weighted by Gasteiger charge is 2.47. The molecular weight excluding hydrogens is 506 g/mol. The van der Waals surface area contributed by atoms with E-state index in [1.165, 1.54) is 12.1 Å². The lowest BCUT2D eigenvalue weighted by Gasteiger charge is -2.34. The van der Waals surface area contributed by atoms with Crippen molar-refractivity contribution in [1.82, 2.24) is 0 Å². The molecule has 0 amide bonds. The van der Waals surface area contributed by atoms with Gasteiger partial charge in [-0.2, -0.15) is 0 Å². The van der Waals surface area contributed by atoms with E-state index in [-0.39, 0.29) is 17.1 Å². The second kappa shape index (κ2) is 9.23. The topological polar surface area (TPSA) is 102 Å². The van der Waals surface area contributed by atoms with Gasteiger partial charge < -0.3 is 19.3 Å². The lowest BCUT2D eigenvalue weighted by Crippen LogP contribution is -2.38. The quantitative estimate of drug-likeness (QED) is 0.459. The van der Waals surface area contributed by atoms with Gasteiger partial charge in [-0.25, -0.2) is 13.2 Å². The predicted octanol–water partition coefficient (Wildman–Crippen LogP) is 5.26. The second-order valence-corrected chi connectivity index (χ2v) is 12.1. The van der Waals surface area contributed by atoms with Crippen LogP contribution in [0.2, 0.25) is 0 Å². The number of aliphatic carboxylic acids is 1. The minimum atomic E-state index is -3.86. The molecule has 1 saturated carbocycles. The number of ether oxygens (including phenoxy) is 3. The molecule has 3 aromatic carbocycles. The predicted molar refractivity (Wildman–Crippen MR) is 142 cm³/mol. The second-order valence-electron chi connectivity index (χ2n) is 10.3. The summed E-state index contributed by atoms with van der Waals surface area (Å²) in [7, 11) is -3.86. The number of nitrogens with zero attached hydrogens (tertiary/aromatic N) is 1. The maximum atomic E-state index is 14.0. The van der Waals surface area contributed by atoms with Crippen LogP contribution in [0, 0.1) is 6.92 Å². The van der Waals surface area contributed by atoms with Crippen LogP contribution in [0.4, 0.5) is 5.69 Å². The highest BCUT2D eigenvalue weighted by atomic mass is 32.2. The van der Waals surface area contributed by atoms with Crippen LogP contribution in [-0.4, -0.2) is 39.4 Å². The van der Waals surface area contributed by atoms with E-state index in [2.05, 4.69) is 6.07 Å². The van der Waals surface area contributed by atoms with E-state index in [0.29, 0.717) is 23.6 Å². The molecule has 9 heteroatoms. The Morgan fingerprint density at radius 3 is 2.47 bits per heavy atom. The fraction of sp³-hybridized carbons (Fsp3) is 0.345. The SMILES string of the molecule is Cc1cc(S(=O)(=O)N2CC3(CCCCC3)c3cc(-c4ccc5c(c4)OCO5)ccc32)ccc1OCC(=O)O. The molecular formula is C29H29NO7S. The third-order valence-corrected chi connectivity index (χ3v) is 9.64.